The van der Waals surface area contributed by atoms with E-state index in [4.69, 9.17) is 4.74 Å². The highest BCUT2D eigenvalue weighted by Crippen LogP contribution is 2.46. The maximum Gasteiger partial charge on any atom is 0.324 e. The predicted molar refractivity (Wildman–Crippen MR) is 79.8 cm³/mol. The van der Waals surface area contributed by atoms with Gasteiger partial charge in [0.2, 0.25) is 0 Å². The minimum Gasteiger partial charge on any atom is -0.465 e. The molecule has 2 aliphatic rings. The topological polar surface area (TPSA) is 41.6 Å². The molecule has 1 aromatic heterocycles. The summed E-state index contributed by atoms with van der Waals surface area (Å²) in [4.78, 5) is 16.0. The Labute approximate surface area is 124 Å². The Hall–Kier alpha value is -0.910. The van der Waals surface area contributed by atoms with Gasteiger partial charge in [-0.1, -0.05) is 6.07 Å². The van der Waals surface area contributed by atoms with Crippen molar-refractivity contribution in [1.29, 1.82) is 0 Å². The van der Waals surface area contributed by atoms with Crippen LogP contribution in [0.1, 0.15) is 30.7 Å². The third-order valence-corrected chi connectivity index (χ3v) is 5.05. The largest absolute Gasteiger partial charge is 0.465 e. The molecule has 4 nitrogen and oxygen atoms in total. The van der Waals surface area contributed by atoms with Crippen molar-refractivity contribution in [2.45, 2.75) is 31.8 Å². The molecule has 2 unspecified atom stereocenters. The first-order chi connectivity index (χ1) is 9.81. The van der Waals surface area contributed by atoms with Gasteiger partial charge in [0.25, 0.3) is 0 Å². The number of nitrogens with zero attached hydrogens (tertiary/aromatic N) is 1. The van der Waals surface area contributed by atoms with Crippen LogP contribution in [0.25, 0.3) is 0 Å². The fourth-order valence-corrected chi connectivity index (χ4v) is 3.99. The molecule has 0 aromatic carbocycles. The van der Waals surface area contributed by atoms with Gasteiger partial charge in [-0.3, -0.25) is 9.69 Å². The summed E-state index contributed by atoms with van der Waals surface area (Å²) in [5.41, 5.74) is 0. The third-order valence-electron chi connectivity index (χ3n) is 4.10. The van der Waals surface area contributed by atoms with E-state index in [-0.39, 0.29) is 12.0 Å². The Kier molecular flexibility index (Phi) is 4.38. The van der Waals surface area contributed by atoms with Crippen LogP contribution >= 0.6 is 11.3 Å². The van der Waals surface area contributed by atoms with Gasteiger partial charge in [-0.2, -0.15) is 0 Å². The highest BCUT2D eigenvalue weighted by molar-refractivity contribution is 7.10. The van der Waals surface area contributed by atoms with Gasteiger partial charge in [-0.15, -0.1) is 11.3 Å². The first-order valence-electron chi connectivity index (χ1n) is 7.47. The van der Waals surface area contributed by atoms with Crippen molar-refractivity contribution in [3.8, 4) is 0 Å². The van der Waals surface area contributed by atoms with Crippen molar-refractivity contribution in [2.75, 3.05) is 26.2 Å². The van der Waals surface area contributed by atoms with E-state index < -0.39 is 0 Å². The molecule has 0 amide bonds. The third kappa shape index (κ3) is 2.90. The van der Waals surface area contributed by atoms with Crippen LogP contribution in [-0.4, -0.2) is 43.2 Å². The molecule has 1 N–H and O–H groups in total. The smallest absolute Gasteiger partial charge is 0.324 e. The second-order valence-electron chi connectivity index (χ2n) is 5.51. The fraction of sp³-hybridized carbons (Fsp3) is 0.667. The molecule has 1 saturated heterocycles. The minimum absolute atomic E-state index is 0.0816. The molecular formula is C15H22N2O2S. The lowest BCUT2D eigenvalue weighted by molar-refractivity contribution is -0.151. The highest BCUT2D eigenvalue weighted by atomic mass is 32.1. The zero-order valence-electron chi connectivity index (χ0n) is 11.9. The Bertz CT molecular complexity index is 445. The minimum atomic E-state index is -0.142. The Balaban J connectivity index is 1.81. The van der Waals surface area contributed by atoms with Crippen molar-refractivity contribution in [2.24, 2.45) is 5.92 Å². The maximum absolute atomic E-state index is 12.2. The van der Waals surface area contributed by atoms with Gasteiger partial charge in [-0.05, 0) is 37.1 Å². The first kappa shape index (κ1) is 14.0. The summed E-state index contributed by atoms with van der Waals surface area (Å²) in [6.07, 6.45) is 2.56. The van der Waals surface area contributed by atoms with Crippen LogP contribution < -0.4 is 5.32 Å². The van der Waals surface area contributed by atoms with Crippen LogP contribution in [0.3, 0.4) is 0 Å². The quantitative estimate of drug-likeness (QED) is 0.844. The van der Waals surface area contributed by atoms with Crippen molar-refractivity contribution in [3.63, 3.8) is 0 Å². The summed E-state index contributed by atoms with van der Waals surface area (Å²) < 4.78 is 5.26. The van der Waals surface area contributed by atoms with E-state index in [1.54, 1.807) is 11.3 Å². The Morgan fingerprint density at radius 1 is 1.60 bits per heavy atom. The summed E-state index contributed by atoms with van der Waals surface area (Å²) in [7, 11) is 0. The molecule has 20 heavy (non-hydrogen) atoms. The maximum atomic E-state index is 12.2. The van der Waals surface area contributed by atoms with Crippen molar-refractivity contribution in [1.82, 2.24) is 10.2 Å². The molecule has 0 bridgehead atoms. The van der Waals surface area contributed by atoms with E-state index in [1.165, 1.54) is 17.7 Å². The zero-order valence-corrected chi connectivity index (χ0v) is 12.7. The normalized spacial score (nSPS) is 25.4. The van der Waals surface area contributed by atoms with Crippen LogP contribution in [-0.2, 0) is 9.53 Å². The van der Waals surface area contributed by atoms with E-state index in [9.17, 15) is 4.79 Å². The number of thiophene rings is 1. The monoisotopic (exact) mass is 294 g/mol. The molecule has 3 rings (SSSR count). The van der Waals surface area contributed by atoms with Gasteiger partial charge in [0, 0.05) is 30.6 Å². The summed E-state index contributed by atoms with van der Waals surface area (Å²) in [5.74, 6) is 0.630. The summed E-state index contributed by atoms with van der Waals surface area (Å²) in [5, 5.41) is 5.46. The number of nitrogens with one attached hydrogen (secondary N) is 1. The molecule has 0 radical (unpaired) electrons. The molecule has 1 aliphatic heterocycles. The number of carbonyl (C=O) groups is 1. The summed E-state index contributed by atoms with van der Waals surface area (Å²) in [6, 6.07) is 4.57. The SMILES string of the molecule is CCOC(=O)C1CNCCN1C(c1cccs1)C1CC1. The Morgan fingerprint density at radius 2 is 2.45 bits per heavy atom. The van der Waals surface area contributed by atoms with Crippen LogP contribution in [0, 0.1) is 5.92 Å². The van der Waals surface area contributed by atoms with E-state index in [1.807, 2.05) is 6.92 Å². The number of hydrogen-bond donors (Lipinski definition) is 1. The standard InChI is InChI=1S/C15H22N2O2S/c1-2-19-15(18)12-10-16-7-8-17(12)14(11-5-6-11)13-4-3-9-20-13/h3-4,9,11-12,14,16H,2,5-8,10H2,1H3. The van der Waals surface area contributed by atoms with Gasteiger partial charge in [0.15, 0.2) is 0 Å². The number of esters is 1. The summed E-state index contributed by atoms with van der Waals surface area (Å²) in [6.45, 7) is 4.90. The van der Waals surface area contributed by atoms with Crippen LogP contribution in [0.5, 0.6) is 0 Å². The number of hydrogen-bond acceptors (Lipinski definition) is 5. The van der Waals surface area contributed by atoms with Gasteiger partial charge >= 0.3 is 5.97 Å². The fourth-order valence-electron chi connectivity index (χ4n) is 3.05. The van der Waals surface area contributed by atoms with E-state index in [0.717, 1.165) is 13.1 Å². The molecular weight excluding hydrogens is 272 g/mol. The van der Waals surface area contributed by atoms with Crippen molar-refractivity contribution < 1.29 is 9.53 Å². The molecule has 2 fully saturated rings. The van der Waals surface area contributed by atoms with E-state index in [0.29, 0.717) is 25.1 Å². The molecule has 1 saturated carbocycles. The van der Waals surface area contributed by atoms with Crippen LogP contribution in [0.4, 0.5) is 0 Å². The average molecular weight is 294 g/mol. The van der Waals surface area contributed by atoms with Crippen molar-refractivity contribution in [3.05, 3.63) is 22.4 Å². The lowest BCUT2D eigenvalue weighted by Gasteiger charge is -2.40. The average Bonchev–Trinajstić information content (AvgIpc) is 3.14. The zero-order chi connectivity index (χ0) is 13.9. The van der Waals surface area contributed by atoms with Gasteiger partial charge in [-0.25, -0.2) is 0 Å². The van der Waals surface area contributed by atoms with Crippen LogP contribution in [0.15, 0.2) is 17.5 Å². The van der Waals surface area contributed by atoms with Crippen LogP contribution in [0.2, 0.25) is 0 Å². The Morgan fingerprint density at radius 3 is 3.10 bits per heavy atom. The molecule has 1 aromatic rings. The van der Waals surface area contributed by atoms with Gasteiger partial charge < -0.3 is 10.1 Å². The number of ether oxygens (including phenoxy) is 1. The number of rotatable bonds is 5. The second kappa shape index (κ2) is 6.24. The van der Waals surface area contributed by atoms with Crippen molar-refractivity contribution >= 4 is 17.3 Å². The van der Waals surface area contributed by atoms with E-state index >= 15 is 0 Å². The molecule has 110 valence electrons. The highest BCUT2D eigenvalue weighted by Gasteiger charge is 2.42. The molecule has 1 aliphatic carbocycles. The van der Waals surface area contributed by atoms with Gasteiger partial charge in [0.05, 0.1) is 6.61 Å². The molecule has 2 heterocycles. The number of carbonyl (C=O) groups excluding carboxylic acids is 1. The molecule has 2 atom stereocenters. The summed E-state index contributed by atoms with van der Waals surface area (Å²) >= 11 is 1.81. The van der Waals surface area contributed by atoms with Gasteiger partial charge in [0.1, 0.15) is 6.04 Å². The van der Waals surface area contributed by atoms with E-state index in [2.05, 4.69) is 27.7 Å². The molecule has 0 spiro atoms. The lowest BCUT2D eigenvalue weighted by Crippen LogP contribution is -2.56. The first-order valence-corrected chi connectivity index (χ1v) is 8.35. The lowest BCUT2D eigenvalue weighted by atomic mass is 10.0. The number of piperazine rings is 1. The second-order valence-corrected chi connectivity index (χ2v) is 6.49. The predicted octanol–water partition coefficient (Wildman–Crippen LogP) is 2.04. The molecule has 5 heteroatoms.